The predicted octanol–water partition coefficient (Wildman–Crippen LogP) is 3.76. The quantitative estimate of drug-likeness (QED) is 0.616. The smallest absolute Gasteiger partial charge is 0.339 e. The van der Waals surface area contributed by atoms with Crippen molar-refractivity contribution in [3.8, 4) is 0 Å². The number of fused-ring (bicyclic) bond motifs is 5. The first-order valence-corrected chi connectivity index (χ1v) is 12.7. The van der Waals surface area contributed by atoms with E-state index < -0.39 is 58.4 Å². The van der Waals surface area contributed by atoms with Crippen molar-refractivity contribution in [1.29, 1.82) is 0 Å². The van der Waals surface area contributed by atoms with E-state index in [0.29, 0.717) is 24.8 Å². The SMILES string of the molecule is C[C@H]1C[C@H]2C3CCC4=CC(=O)C=CC4(C)[C@@]3(F)[C@@H](O)CC2(C)[C@@]1(OC(=O)c1ccccc1)C(=O)CO. The van der Waals surface area contributed by atoms with Gasteiger partial charge in [-0.25, -0.2) is 9.18 Å². The van der Waals surface area contributed by atoms with Crippen LogP contribution in [0.5, 0.6) is 0 Å². The lowest BCUT2D eigenvalue weighted by molar-refractivity contribution is -0.219. The number of allylic oxidation sites excluding steroid dienone is 4. The van der Waals surface area contributed by atoms with Crippen molar-refractivity contribution in [1.82, 2.24) is 0 Å². The Hall–Kier alpha value is -2.64. The molecule has 4 aliphatic carbocycles. The van der Waals surface area contributed by atoms with Crippen molar-refractivity contribution < 1.29 is 33.7 Å². The summed E-state index contributed by atoms with van der Waals surface area (Å²) in [4.78, 5) is 38.8. The van der Waals surface area contributed by atoms with Gasteiger partial charge >= 0.3 is 5.97 Å². The summed E-state index contributed by atoms with van der Waals surface area (Å²) >= 11 is 0. The predicted molar refractivity (Wildman–Crippen MR) is 130 cm³/mol. The number of aliphatic hydroxyl groups excluding tert-OH is 2. The molecule has 0 spiro atoms. The van der Waals surface area contributed by atoms with Gasteiger partial charge in [0.2, 0.25) is 5.78 Å². The van der Waals surface area contributed by atoms with Crippen molar-refractivity contribution in [3.63, 3.8) is 0 Å². The molecule has 4 aliphatic rings. The first-order chi connectivity index (χ1) is 17.0. The molecule has 0 heterocycles. The summed E-state index contributed by atoms with van der Waals surface area (Å²) in [5.41, 5.74) is -5.06. The maximum atomic E-state index is 17.4. The molecule has 5 rings (SSSR count). The molecule has 0 saturated heterocycles. The molecule has 0 radical (unpaired) electrons. The molecule has 192 valence electrons. The van der Waals surface area contributed by atoms with Gasteiger partial charge in [-0.15, -0.1) is 0 Å². The van der Waals surface area contributed by atoms with Crippen molar-refractivity contribution >= 4 is 17.5 Å². The molecule has 0 bridgehead atoms. The Morgan fingerprint density at radius 1 is 1.17 bits per heavy atom. The minimum absolute atomic E-state index is 0.118. The van der Waals surface area contributed by atoms with Crippen LogP contribution in [0.2, 0.25) is 0 Å². The van der Waals surface area contributed by atoms with Crippen LogP contribution in [0.4, 0.5) is 4.39 Å². The Morgan fingerprint density at radius 2 is 1.86 bits per heavy atom. The number of ether oxygens (including phenoxy) is 1. The van der Waals surface area contributed by atoms with E-state index in [4.69, 9.17) is 4.74 Å². The lowest BCUT2D eigenvalue weighted by Crippen LogP contribution is -2.70. The van der Waals surface area contributed by atoms with Crippen LogP contribution >= 0.6 is 0 Å². The number of halogens is 1. The fourth-order valence-electron chi connectivity index (χ4n) is 8.30. The van der Waals surface area contributed by atoms with E-state index in [1.807, 2.05) is 0 Å². The maximum absolute atomic E-state index is 17.4. The molecule has 1 aromatic rings. The fourth-order valence-corrected chi connectivity index (χ4v) is 8.30. The first kappa shape index (κ1) is 25.0. The third kappa shape index (κ3) is 2.99. The normalized spacial score (nSPS) is 43.2. The van der Waals surface area contributed by atoms with Gasteiger partial charge in [0.15, 0.2) is 17.1 Å². The van der Waals surface area contributed by atoms with Crippen LogP contribution in [-0.2, 0) is 14.3 Å². The van der Waals surface area contributed by atoms with Crippen LogP contribution in [0.3, 0.4) is 0 Å². The van der Waals surface area contributed by atoms with Crippen molar-refractivity contribution in [2.45, 2.75) is 63.8 Å². The van der Waals surface area contributed by atoms with Gasteiger partial charge in [-0.05, 0) is 62.8 Å². The van der Waals surface area contributed by atoms with E-state index in [2.05, 4.69) is 0 Å². The highest BCUT2D eigenvalue weighted by molar-refractivity contribution is 6.01. The highest BCUT2D eigenvalue weighted by Gasteiger charge is 2.77. The average Bonchev–Trinajstić information content (AvgIpc) is 3.07. The molecule has 36 heavy (non-hydrogen) atoms. The van der Waals surface area contributed by atoms with E-state index in [1.165, 1.54) is 12.2 Å². The minimum atomic E-state index is -2.06. The van der Waals surface area contributed by atoms with E-state index in [1.54, 1.807) is 57.2 Å². The Kier molecular flexibility index (Phi) is 5.69. The maximum Gasteiger partial charge on any atom is 0.339 e. The summed E-state index contributed by atoms with van der Waals surface area (Å²) in [6.07, 6.45) is 4.16. The summed E-state index contributed by atoms with van der Waals surface area (Å²) < 4.78 is 23.4. The molecule has 3 saturated carbocycles. The van der Waals surface area contributed by atoms with Crippen molar-refractivity contribution in [3.05, 3.63) is 59.7 Å². The fraction of sp³-hybridized carbons (Fsp3) is 0.552. The molecule has 3 unspecified atom stereocenters. The number of benzene rings is 1. The van der Waals surface area contributed by atoms with Crippen LogP contribution < -0.4 is 0 Å². The highest BCUT2D eigenvalue weighted by atomic mass is 19.1. The number of rotatable bonds is 4. The second-order valence-electron chi connectivity index (χ2n) is 11.5. The lowest BCUT2D eigenvalue weighted by Gasteiger charge is -2.62. The molecule has 2 N–H and O–H groups in total. The Balaban J connectivity index is 1.61. The number of carbonyl (C=O) groups is 3. The number of hydrogen-bond acceptors (Lipinski definition) is 6. The summed E-state index contributed by atoms with van der Waals surface area (Å²) in [5.74, 6) is -3.01. The lowest BCUT2D eigenvalue weighted by atomic mass is 9.44. The number of ketones is 2. The molecule has 0 amide bonds. The Morgan fingerprint density at radius 3 is 2.53 bits per heavy atom. The van der Waals surface area contributed by atoms with Gasteiger partial charge < -0.3 is 14.9 Å². The zero-order valence-electron chi connectivity index (χ0n) is 20.9. The molecular weight excluding hydrogens is 463 g/mol. The number of esters is 1. The van der Waals surface area contributed by atoms with Gasteiger partial charge in [-0.3, -0.25) is 9.59 Å². The zero-order valence-corrected chi connectivity index (χ0v) is 20.9. The first-order valence-electron chi connectivity index (χ1n) is 12.7. The van der Waals surface area contributed by atoms with Crippen LogP contribution in [0, 0.1) is 28.6 Å². The topological polar surface area (TPSA) is 101 Å². The third-order valence-electron chi connectivity index (χ3n) is 10.0. The molecule has 8 atom stereocenters. The van der Waals surface area contributed by atoms with Crippen LogP contribution in [0.1, 0.15) is 56.8 Å². The molecule has 7 heteroatoms. The molecule has 1 aromatic carbocycles. The monoisotopic (exact) mass is 496 g/mol. The van der Waals surface area contributed by atoms with Crippen LogP contribution in [-0.4, -0.2) is 51.7 Å². The number of carbonyl (C=O) groups excluding carboxylic acids is 3. The van der Waals surface area contributed by atoms with Gasteiger partial charge in [0.25, 0.3) is 0 Å². The number of alkyl halides is 1. The standard InChI is InChI=1S/C29H33FO6/c1-17-13-22-21-10-9-19-14-20(32)11-12-26(19,2)28(21,30)23(33)15-27(22,3)29(17,24(34)16-31)36-25(35)18-7-5-4-6-8-18/h4-8,11-12,14,17,21-23,31,33H,9-10,13,15-16H2,1-3H3/t17-,21?,22-,23-,26?,27?,28-,29-/m0/s1. The van der Waals surface area contributed by atoms with Crippen molar-refractivity contribution in [2.75, 3.05) is 6.61 Å². The third-order valence-corrected chi connectivity index (χ3v) is 10.0. The van der Waals surface area contributed by atoms with E-state index in [-0.39, 0.29) is 23.7 Å². The van der Waals surface area contributed by atoms with Gasteiger partial charge in [0.1, 0.15) is 6.61 Å². The molecule has 6 nitrogen and oxygen atoms in total. The van der Waals surface area contributed by atoms with E-state index in [9.17, 15) is 24.6 Å². The second kappa shape index (κ2) is 8.18. The van der Waals surface area contributed by atoms with E-state index >= 15 is 4.39 Å². The summed E-state index contributed by atoms with van der Waals surface area (Å²) in [6.45, 7) is 4.51. The summed E-state index contributed by atoms with van der Waals surface area (Å²) in [7, 11) is 0. The van der Waals surface area contributed by atoms with E-state index in [0.717, 1.165) is 0 Å². The molecule has 0 aromatic heterocycles. The largest absolute Gasteiger partial charge is 0.446 e. The molecule has 3 fully saturated rings. The Labute approximate surface area is 210 Å². The highest BCUT2D eigenvalue weighted by Crippen LogP contribution is 2.71. The molecular formula is C29H33FO6. The number of aliphatic hydroxyl groups is 2. The summed E-state index contributed by atoms with van der Waals surface area (Å²) in [5, 5.41) is 21.5. The summed E-state index contributed by atoms with van der Waals surface area (Å²) in [6, 6.07) is 8.33. The van der Waals surface area contributed by atoms with Gasteiger partial charge in [-0.1, -0.05) is 43.7 Å². The van der Waals surface area contributed by atoms with Crippen LogP contribution in [0.15, 0.2) is 54.1 Å². The van der Waals surface area contributed by atoms with Crippen molar-refractivity contribution in [2.24, 2.45) is 28.6 Å². The van der Waals surface area contributed by atoms with Gasteiger partial charge in [0.05, 0.1) is 11.7 Å². The van der Waals surface area contributed by atoms with Gasteiger partial charge in [0, 0.05) is 22.7 Å². The second-order valence-corrected chi connectivity index (χ2v) is 11.5. The molecule has 0 aliphatic heterocycles. The van der Waals surface area contributed by atoms with Gasteiger partial charge in [-0.2, -0.15) is 0 Å². The minimum Gasteiger partial charge on any atom is -0.446 e. The zero-order chi connectivity index (χ0) is 26.1. The van der Waals surface area contributed by atoms with Crippen LogP contribution in [0.25, 0.3) is 0 Å². The average molecular weight is 497 g/mol. The Bertz CT molecular complexity index is 1180. The number of hydrogen-bond donors (Lipinski definition) is 2. The number of Topliss-reactive ketones (excluding diaryl/α,β-unsaturated/α-hetero) is 1.